The summed E-state index contributed by atoms with van der Waals surface area (Å²) in [4.78, 5) is 11.7. The van der Waals surface area contributed by atoms with Gasteiger partial charge in [0.15, 0.2) is 11.5 Å². The summed E-state index contributed by atoms with van der Waals surface area (Å²) in [5, 5.41) is 9.33. The SMILES string of the molecule is C=CCOC(=O)/C(C#N)=C/c1cc(Cl)c(OC)c(OC)c1. The van der Waals surface area contributed by atoms with Crippen LogP contribution in [-0.2, 0) is 9.53 Å². The molecule has 0 amide bonds. The fraction of sp³-hybridized carbons (Fsp3) is 0.200. The standard InChI is InChI=1S/C15H14ClNO4/c1-4-5-21-15(18)11(9-17)6-10-7-12(16)14(20-3)13(8-10)19-2/h4,6-8H,1,5H2,2-3H3/b11-6+. The molecule has 0 aliphatic carbocycles. The Bertz CT molecular complexity index is 617. The van der Waals surface area contributed by atoms with Crippen molar-refractivity contribution in [1.82, 2.24) is 0 Å². The molecule has 1 rings (SSSR count). The Morgan fingerprint density at radius 2 is 2.14 bits per heavy atom. The number of rotatable bonds is 6. The molecule has 1 aromatic carbocycles. The van der Waals surface area contributed by atoms with Crippen LogP contribution in [0.4, 0.5) is 0 Å². The Balaban J connectivity index is 3.18. The van der Waals surface area contributed by atoms with Gasteiger partial charge in [-0.05, 0) is 23.8 Å². The first-order chi connectivity index (χ1) is 10.1. The van der Waals surface area contributed by atoms with Gasteiger partial charge in [0.25, 0.3) is 0 Å². The molecule has 0 aliphatic heterocycles. The van der Waals surface area contributed by atoms with Crippen LogP contribution in [0.25, 0.3) is 6.08 Å². The molecule has 0 bridgehead atoms. The number of methoxy groups -OCH3 is 2. The van der Waals surface area contributed by atoms with Crippen LogP contribution in [0, 0.1) is 11.3 Å². The number of halogens is 1. The van der Waals surface area contributed by atoms with Crippen LogP contribution in [0.15, 0.2) is 30.4 Å². The molecule has 6 heteroatoms. The van der Waals surface area contributed by atoms with E-state index in [-0.39, 0.29) is 12.2 Å². The predicted octanol–water partition coefficient (Wildman–Crippen LogP) is 2.99. The van der Waals surface area contributed by atoms with Crippen molar-refractivity contribution >= 4 is 23.6 Å². The molecule has 0 unspecified atom stereocenters. The van der Waals surface area contributed by atoms with Gasteiger partial charge in [0, 0.05) is 0 Å². The number of nitriles is 1. The highest BCUT2D eigenvalue weighted by atomic mass is 35.5. The highest BCUT2D eigenvalue weighted by Crippen LogP contribution is 2.36. The average Bonchev–Trinajstić information content (AvgIpc) is 2.49. The lowest BCUT2D eigenvalue weighted by Crippen LogP contribution is -2.06. The fourth-order valence-corrected chi connectivity index (χ4v) is 1.83. The van der Waals surface area contributed by atoms with Crippen LogP contribution in [0.3, 0.4) is 0 Å². The number of hydrogen-bond acceptors (Lipinski definition) is 5. The molecule has 0 fully saturated rings. The van der Waals surface area contributed by atoms with Gasteiger partial charge >= 0.3 is 5.97 Å². The van der Waals surface area contributed by atoms with Gasteiger partial charge in [-0.3, -0.25) is 0 Å². The minimum absolute atomic E-state index is 0.0323. The monoisotopic (exact) mass is 307 g/mol. The van der Waals surface area contributed by atoms with E-state index in [1.807, 2.05) is 0 Å². The van der Waals surface area contributed by atoms with Gasteiger partial charge in [-0.2, -0.15) is 5.26 Å². The van der Waals surface area contributed by atoms with Crippen LogP contribution in [0.5, 0.6) is 11.5 Å². The molecule has 5 nitrogen and oxygen atoms in total. The van der Waals surface area contributed by atoms with Gasteiger partial charge in [0.2, 0.25) is 0 Å². The topological polar surface area (TPSA) is 68.6 Å². The third-order valence-electron chi connectivity index (χ3n) is 2.44. The second kappa shape index (κ2) is 7.98. The zero-order valence-electron chi connectivity index (χ0n) is 11.7. The molecule has 0 saturated carbocycles. The van der Waals surface area contributed by atoms with Crippen LogP contribution in [0.1, 0.15) is 5.56 Å². The summed E-state index contributed by atoms with van der Waals surface area (Å²) in [6.45, 7) is 3.46. The zero-order chi connectivity index (χ0) is 15.8. The van der Waals surface area contributed by atoms with Crippen molar-refractivity contribution in [2.75, 3.05) is 20.8 Å². The van der Waals surface area contributed by atoms with Crippen molar-refractivity contribution in [1.29, 1.82) is 5.26 Å². The van der Waals surface area contributed by atoms with Crippen LogP contribution in [-0.4, -0.2) is 26.8 Å². The number of nitrogens with zero attached hydrogens (tertiary/aromatic N) is 1. The molecule has 0 saturated heterocycles. The Hall–Kier alpha value is -2.45. The third kappa shape index (κ3) is 4.26. The summed E-state index contributed by atoms with van der Waals surface area (Å²) in [7, 11) is 2.93. The van der Waals surface area contributed by atoms with Crippen LogP contribution < -0.4 is 9.47 Å². The quantitative estimate of drug-likeness (QED) is 0.350. The van der Waals surface area contributed by atoms with Crippen molar-refractivity contribution in [3.63, 3.8) is 0 Å². The molecule has 0 spiro atoms. The zero-order valence-corrected chi connectivity index (χ0v) is 12.4. The molecule has 21 heavy (non-hydrogen) atoms. The lowest BCUT2D eigenvalue weighted by Gasteiger charge is -2.10. The van der Waals surface area contributed by atoms with Gasteiger partial charge in [0.05, 0.1) is 19.2 Å². The maximum Gasteiger partial charge on any atom is 0.349 e. The molecule has 1 aromatic rings. The predicted molar refractivity (Wildman–Crippen MR) is 79.3 cm³/mol. The molecular formula is C15H14ClNO4. The van der Waals surface area contributed by atoms with Gasteiger partial charge in [-0.25, -0.2) is 4.79 Å². The number of ether oxygens (including phenoxy) is 3. The second-order valence-corrected chi connectivity index (χ2v) is 4.20. The van der Waals surface area contributed by atoms with E-state index in [0.29, 0.717) is 22.1 Å². The van der Waals surface area contributed by atoms with E-state index in [1.165, 1.54) is 26.4 Å². The molecule has 0 heterocycles. The average molecular weight is 308 g/mol. The van der Waals surface area contributed by atoms with E-state index in [1.54, 1.807) is 18.2 Å². The number of benzene rings is 1. The molecule has 0 radical (unpaired) electrons. The van der Waals surface area contributed by atoms with Crippen molar-refractivity contribution < 1.29 is 19.0 Å². The van der Waals surface area contributed by atoms with Crippen LogP contribution in [0.2, 0.25) is 5.02 Å². The summed E-state index contributed by atoms with van der Waals surface area (Å²) < 4.78 is 15.1. The summed E-state index contributed by atoms with van der Waals surface area (Å²) in [5.74, 6) is 0.0420. The third-order valence-corrected chi connectivity index (χ3v) is 2.72. The van der Waals surface area contributed by atoms with Gasteiger partial charge in [-0.1, -0.05) is 24.3 Å². The number of esters is 1. The molecular weight excluding hydrogens is 294 g/mol. The van der Waals surface area contributed by atoms with Crippen molar-refractivity contribution in [3.05, 3.63) is 40.9 Å². The molecule has 0 aliphatic rings. The normalized spacial score (nSPS) is 10.5. The Kier molecular flexibility index (Phi) is 6.31. The van der Waals surface area contributed by atoms with Crippen molar-refractivity contribution in [2.45, 2.75) is 0 Å². The fourth-order valence-electron chi connectivity index (χ4n) is 1.54. The lowest BCUT2D eigenvalue weighted by molar-refractivity contribution is -0.137. The van der Waals surface area contributed by atoms with E-state index < -0.39 is 5.97 Å². The summed E-state index contributed by atoms with van der Waals surface area (Å²) >= 11 is 6.06. The molecule has 0 aromatic heterocycles. The second-order valence-electron chi connectivity index (χ2n) is 3.80. The van der Waals surface area contributed by atoms with E-state index in [9.17, 15) is 4.79 Å². The number of carbonyl (C=O) groups excluding carboxylic acids is 1. The van der Waals surface area contributed by atoms with Gasteiger partial charge in [0.1, 0.15) is 18.2 Å². The highest BCUT2D eigenvalue weighted by molar-refractivity contribution is 6.32. The van der Waals surface area contributed by atoms with E-state index in [0.717, 1.165) is 0 Å². The molecule has 0 atom stereocenters. The summed E-state index contributed by atoms with van der Waals surface area (Å²) in [6, 6.07) is 4.94. The van der Waals surface area contributed by atoms with Gasteiger partial charge < -0.3 is 14.2 Å². The summed E-state index contributed by atoms with van der Waals surface area (Å²) in [5.41, 5.74) is 0.366. The Morgan fingerprint density at radius 3 is 2.67 bits per heavy atom. The maximum atomic E-state index is 11.7. The minimum atomic E-state index is -0.733. The van der Waals surface area contributed by atoms with Crippen molar-refractivity contribution in [3.8, 4) is 17.6 Å². The smallest absolute Gasteiger partial charge is 0.349 e. The van der Waals surface area contributed by atoms with E-state index in [4.69, 9.17) is 31.1 Å². The first-order valence-corrected chi connectivity index (χ1v) is 6.26. The largest absolute Gasteiger partial charge is 0.493 e. The summed E-state index contributed by atoms with van der Waals surface area (Å²) in [6.07, 6.45) is 2.78. The van der Waals surface area contributed by atoms with E-state index in [2.05, 4.69) is 6.58 Å². The molecule has 110 valence electrons. The minimum Gasteiger partial charge on any atom is -0.493 e. The number of carbonyl (C=O) groups is 1. The lowest BCUT2D eigenvalue weighted by atomic mass is 10.1. The maximum absolute atomic E-state index is 11.7. The van der Waals surface area contributed by atoms with Crippen LogP contribution >= 0.6 is 11.6 Å². The van der Waals surface area contributed by atoms with Gasteiger partial charge in [-0.15, -0.1) is 0 Å². The first-order valence-electron chi connectivity index (χ1n) is 5.88. The molecule has 0 N–H and O–H groups in total. The highest BCUT2D eigenvalue weighted by Gasteiger charge is 2.13. The first kappa shape index (κ1) is 16.6. The van der Waals surface area contributed by atoms with Crippen molar-refractivity contribution in [2.24, 2.45) is 0 Å². The Morgan fingerprint density at radius 1 is 1.43 bits per heavy atom. The van der Waals surface area contributed by atoms with E-state index >= 15 is 0 Å². The Labute approximate surface area is 128 Å². The number of hydrogen-bond donors (Lipinski definition) is 0.